The summed E-state index contributed by atoms with van der Waals surface area (Å²) in [5.74, 6) is -0.723. The lowest BCUT2D eigenvalue weighted by molar-refractivity contribution is -0.137. The van der Waals surface area contributed by atoms with E-state index >= 15 is 0 Å². The number of carbonyl (C=O) groups is 1. The highest BCUT2D eigenvalue weighted by molar-refractivity contribution is 5.66. The molecular weight excluding hydrogens is 182 g/mol. The van der Waals surface area contributed by atoms with Crippen molar-refractivity contribution in [2.45, 2.75) is 38.8 Å². The van der Waals surface area contributed by atoms with E-state index in [4.69, 9.17) is 9.84 Å². The van der Waals surface area contributed by atoms with E-state index in [1.807, 2.05) is 0 Å². The number of carboxylic acid groups (broad SMARTS) is 1. The second-order valence-electron chi connectivity index (χ2n) is 3.99. The predicted octanol–water partition coefficient (Wildman–Crippen LogP) is 0.960. The Kier molecular flexibility index (Phi) is 4.35. The smallest absolute Gasteiger partial charge is 0.303 e. The summed E-state index contributed by atoms with van der Waals surface area (Å²) >= 11 is 0. The highest BCUT2D eigenvalue weighted by Crippen LogP contribution is 2.15. The van der Waals surface area contributed by atoms with Crippen LogP contribution >= 0.6 is 0 Å². The maximum atomic E-state index is 10.5. The number of aliphatic carboxylic acids is 1. The second-order valence-corrected chi connectivity index (χ2v) is 3.99. The number of rotatable bonds is 4. The van der Waals surface area contributed by atoms with Crippen LogP contribution in [0.3, 0.4) is 0 Å². The lowest BCUT2D eigenvalue weighted by Crippen LogP contribution is -2.48. The van der Waals surface area contributed by atoms with E-state index in [1.165, 1.54) is 0 Å². The zero-order valence-electron chi connectivity index (χ0n) is 8.90. The predicted molar refractivity (Wildman–Crippen MR) is 53.3 cm³/mol. The fourth-order valence-corrected chi connectivity index (χ4v) is 1.89. The quantitative estimate of drug-likeness (QED) is 0.736. The summed E-state index contributed by atoms with van der Waals surface area (Å²) in [7, 11) is 0. The first-order valence-corrected chi connectivity index (χ1v) is 5.16. The molecule has 82 valence electrons. The summed E-state index contributed by atoms with van der Waals surface area (Å²) in [5.41, 5.74) is 0. The molecule has 1 aliphatic heterocycles. The molecule has 1 aliphatic rings. The van der Waals surface area contributed by atoms with Crippen molar-refractivity contribution in [3.8, 4) is 0 Å². The number of hydrogen-bond donors (Lipinski definition) is 1. The summed E-state index contributed by atoms with van der Waals surface area (Å²) in [4.78, 5) is 12.8. The van der Waals surface area contributed by atoms with Crippen LogP contribution in [-0.4, -0.2) is 47.8 Å². The molecule has 4 nitrogen and oxygen atoms in total. The number of hydrogen-bond acceptors (Lipinski definition) is 3. The van der Waals surface area contributed by atoms with E-state index in [0.29, 0.717) is 19.1 Å². The van der Waals surface area contributed by atoms with Crippen LogP contribution < -0.4 is 0 Å². The van der Waals surface area contributed by atoms with Gasteiger partial charge in [0.2, 0.25) is 0 Å². The van der Waals surface area contributed by atoms with Crippen LogP contribution in [0.25, 0.3) is 0 Å². The highest BCUT2D eigenvalue weighted by Gasteiger charge is 2.25. The molecule has 1 fully saturated rings. The van der Waals surface area contributed by atoms with Crippen molar-refractivity contribution in [3.63, 3.8) is 0 Å². The van der Waals surface area contributed by atoms with Gasteiger partial charge in [-0.3, -0.25) is 9.69 Å². The van der Waals surface area contributed by atoms with Crippen LogP contribution in [-0.2, 0) is 9.53 Å². The molecule has 0 radical (unpaired) electrons. The Morgan fingerprint density at radius 3 is 2.93 bits per heavy atom. The van der Waals surface area contributed by atoms with Crippen molar-refractivity contribution in [2.75, 3.05) is 19.8 Å². The molecule has 1 saturated heterocycles. The SMILES string of the molecule is CC(C)N1CCOCC1CCC(=O)O. The molecule has 0 saturated carbocycles. The molecule has 0 spiro atoms. The fourth-order valence-electron chi connectivity index (χ4n) is 1.89. The number of carboxylic acids is 1. The maximum absolute atomic E-state index is 10.5. The summed E-state index contributed by atoms with van der Waals surface area (Å²) in [5, 5.41) is 8.61. The van der Waals surface area contributed by atoms with Crippen molar-refractivity contribution in [2.24, 2.45) is 0 Å². The Balaban J connectivity index is 2.41. The molecule has 1 unspecified atom stereocenters. The van der Waals surface area contributed by atoms with Crippen molar-refractivity contribution < 1.29 is 14.6 Å². The third kappa shape index (κ3) is 3.27. The Labute approximate surface area is 84.8 Å². The molecule has 1 rings (SSSR count). The molecule has 0 aliphatic carbocycles. The van der Waals surface area contributed by atoms with Crippen LogP contribution in [0.5, 0.6) is 0 Å². The minimum absolute atomic E-state index is 0.233. The molecule has 1 heterocycles. The van der Waals surface area contributed by atoms with Gasteiger partial charge < -0.3 is 9.84 Å². The fraction of sp³-hybridized carbons (Fsp3) is 0.900. The molecule has 0 aromatic carbocycles. The molecule has 0 aromatic heterocycles. The molecule has 1 N–H and O–H groups in total. The van der Waals surface area contributed by atoms with Gasteiger partial charge in [-0.25, -0.2) is 0 Å². The molecule has 0 amide bonds. The average molecular weight is 201 g/mol. The minimum atomic E-state index is -0.723. The highest BCUT2D eigenvalue weighted by atomic mass is 16.5. The third-order valence-corrected chi connectivity index (χ3v) is 2.63. The van der Waals surface area contributed by atoms with Crippen LogP contribution in [0.2, 0.25) is 0 Å². The first-order chi connectivity index (χ1) is 6.61. The summed E-state index contributed by atoms with van der Waals surface area (Å²) in [6.45, 7) is 6.63. The monoisotopic (exact) mass is 201 g/mol. The summed E-state index contributed by atoms with van der Waals surface area (Å²) in [6, 6.07) is 0.748. The van der Waals surface area contributed by atoms with Gasteiger partial charge in [-0.2, -0.15) is 0 Å². The Bertz CT molecular complexity index is 194. The molecule has 0 bridgehead atoms. The van der Waals surface area contributed by atoms with Crippen molar-refractivity contribution in [3.05, 3.63) is 0 Å². The van der Waals surface area contributed by atoms with Gasteiger partial charge in [-0.15, -0.1) is 0 Å². The van der Waals surface area contributed by atoms with Gasteiger partial charge in [0, 0.05) is 25.0 Å². The van der Waals surface area contributed by atoms with Gasteiger partial charge in [-0.05, 0) is 20.3 Å². The zero-order chi connectivity index (χ0) is 10.6. The van der Waals surface area contributed by atoms with Crippen molar-refractivity contribution in [1.82, 2.24) is 4.90 Å². The van der Waals surface area contributed by atoms with E-state index in [0.717, 1.165) is 13.2 Å². The van der Waals surface area contributed by atoms with Crippen molar-refractivity contribution >= 4 is 5.97 Å². The zero-order valence-corrected chi connectivity index (χ0v) is 8.90. The molecular formula is C10H19NO3. The van der Waals surface area contributed by atoms with Crippen LogP contribution in [0.15, 0.2) is 0 Å². The van der Waals surface area contributed by atoms with Gasteiger partial charge in [-0.1, -0.05) is 0 Å². The summed E-state index contributed by atoms with van der Waals surface area (Å²) < 4.78 is 5.36. The lowest BCUT2D eigenvalue weighted by atomic mass is 10.1. The van der Waals surface area contributed by atoms with E-state index < -0.39 is 5.97 Å². The van der Waals surface area contributed by atoms with E-state index in [1.54, 1.807) is 0 Å². The molecule has 4 heteroatoms. The average Bonchev–Trinajstić information content (AvgIpc) is 2.15. The van der Waals surface area contributed by atoms with Crippen LogP contribution in [0.1, 0.15) is 26.7 Å². The van der Waals surface area contributed by atoms with Gasteiger partial charge in [0.15, 0.2) is 0 Å². The third-order valence-electron chi connectivity index (χ3n) is 2.63. The first-order valence-electron chi connectivity index (χ1n) is 5.16. The normalized spacial score (nSPS) is 24.1. The van der Waals surface area contributed by atoms with Gasteiger partial charge in [0.25, 0.3) is 0 Å². The molecule has 14 heavy (non-hydrogen) atoms. The minimum Gasteiger partial charge on any atom is -0.481 e. The first kappa shape index (κ1) is 11.5. The Morgan fingerprint density at radius 1 is 1.64 bits per heavy atom. The Morgan fingerprint density at radius 2 is 2.36 bits per heavy atom. The van der Waals surface area contributed by atoms with Crippen LogP contribution in [0, 0.1) is 0 Å². The number of morpholine rings is 1. The molecule has 0 aromatic rings. The maximum Gasteiger partial charge on any atom is 0.303 e. The number of ether oxygens (including phenoxy) is 1. The van der Waals surface area contributed by atoms with E-state index in [9.17, 15) is 4.79 Å². The Hall–Kier alpha value is -0.610. The van der Waals surface area contributed by atoms with Crippen molar-refractivity contribution in [1.29, 1.82) is 0 Å². The number of nitrogens with zero attached hydrogens (tertiary/aromatic N) is 1. The van der Waals surface area contributed by atoms with Gasteiger partial charge in [0.1, 0.15) is 0 Å². The largest absolute Gasteiger partial charge is 0.481 e. The van der Waals surface area contributed by atoms with E-state index in [2.05, 4.69) is 18.7 Å². The van der Waals surface area contributed by atoms with Crippen LogP contribution in [0.4, 0.5) is 0 Å². The summed E-state index contributed by atoms with van der Waals surface area (Å²) in [6.07, 6.45) is 0.921. The van der Waals surface area contributed by atoms with Gasteiger partial charge >= 0.3 is 5.97 Å². The van der Waals surface area contributed by atoms with E-state index in [-0.39, 0.29) is 12.5 Å². The lowest BCUT2D eigenvalue weighted by Gasteiger charge is -2.38. The van der Waals surface area contributed by atoms with Gasteiger partial charge in [0.05, 0.1) is 13.2 Å². The standard InChI is InChI=1S/C10H19NO3/c1-8(2)11-5-6-14-7-9(11)3-4-10(12)13/h8-9H,3-7H2,1-2H3,(H,12,13). The topological polar surface area (TPSA) is 49.8 Å². The second kappa shape index (κ2) is 5.32. The molecule has 1 atom stereocenters.